The summed E-state index contributed by atoms with van der Waals surface area (Å²) in [6, 6.07) is -0.176. The van der Waals surface area contributed by atoms with Crippen molar-refractivity contribution in [2.75, 3.05) is 0 Å². The third-order valence-electron chi connectivity index (χ3n) is 8.63. The van der Waals surface area contributed by atoms with Crippen molar-refractivity contribution in [1.82, 2.24) is 14.3 Å². The molecule has 2 aliphatic rings. The van der Waals surface area contributed by atoms with E-state index in [0.29, 0.717) is 27.6 Å². The predicted octanol–water partition coefficient (Wildman–Crippen LogP) is 7.34. The first kappa shape index (κ1) is 30.2. The average Bonchev–Trinajstić information content (AvgIpc) is 3.66. The second-order valence-electron chi connectivity index (χ2n) is 11.5. The van der Waals surface area contributed by atoms with Gasteiger partial charge in [0.25, 0.3) is 0 Å². The van der Waals surface area contributed by atoms with Gasteiger partial charge in [-0.1, -0.05) is 0 Å². The summed E-state index contributed by atoms with van der Waals surface area (Å²) < 4.78 is 78.3. The van der Waals surface area contributed by atoms with Crippen LogP contribution in [0.25, 0.3) is 11.0 Å². The molecule has 0 spiro atoms. The molecule has 38 heavy (non-hydrogen) atoms. The Balaban J connectivity index is 1.87. The molecule has 2 heterocycles. The molecule has 2 saturated carbocycles. The molecule has 0 aliphatic heterocycles. The number of pyridine rings is 1. The first-order valence-electron chi connectivity index (χ1n) is 14.7. The molecule has 0 radical (unpaired) electrons. The van der Waals surface area contributed by atoms with E-state index in [-0.39, 0.29) is 17.4 Å². The summed E-state index contributed by atoms with van der Waals surface area (Å²) in [5, 5.41) is -0.292. The molecule has 0 bridgehead atoms. The monoisotopic (exact) mass is 663 g/mol. The fraction of sp³-hybridized carbons (Fsp3) is 0.750. The van der Waals surface area contributed by atoms with Gasteiger partial charge in [-0.2, -0.15) is 0 Å². The van der Waals surface area contributed by atoms with Crippen molar-refractivity contribution in [2.24, 2.45) is 0 Å². The van der Waals surface area contributed by atoms with Crippen LogP contribution in [0.15, 0.2) is 12.3 Å². The molecular formula is C28H44F3N3O2SSn. The number of alkyl halides is 2. The van der Waals surface area contributed by atoms with Crippen molar-refractivity contribution in [3.05, 3.63) is 23.6 Å². The Labute approximate surface area is 230 Å². The molecule has 4 rings (SSSR count). The van der Waals surface area contributed by atoms with Crippen LogP contribution in [0.2, 0.25) is 13.3 Å². The van der Waals surface area contributed by atoms with E-state index >= 15 is 4.39 Å². The number of fused-ring (bicyclic) bond motifs is 1. The molecule has 2 aliphatic carbocycles. The Hall–Kier alpha value is -0.811. The summed E-state index contributed by atoms with van der Waals surface area (Å²) in [7, 11) is -3.87. The van der Waals surface area contributed by atoms with E-state index in [2.05, 4.69) is 25.5 Å². The van der Waals surface area contributed by atoms with Crippen molar-refractivity contribution < 1.29 is 21.6 Å². The van der Waals surface area contributed by atoms with Gasteiger partial charge in [0.1, 0.15) is 0 Å². The zero-order valence-corrected chi connectivity index (χ0v) is 26.8. The standard InChI is InChI=1S/C16H17F3N3O2S.3C4H9.Sn/c17-9-6-12-13(8-22(10-2-1-3-10)16(12)20-7-9)14(15(18)19)21-25(23,24)11-4-5-11;3*1-3-4-2;/h6,8,10-11,14-15,21H,1-5H2;3*1,3-4H2,2H3;/t14-;;;;/m0..../s1. The van der Waals surface area contributed by atoms with Crippen LogP contribution in [-0.4, -0.2) is 48.0 Å². The van der Waals surface area contributed by atoms with Crippen LogP contribution in [0.4, 0.5) is 13.2 Å². The van der Waals surface area contributed by atoms with E-state index < -0.39 is 46.1 Å². The zero-order chi connectivity index (χ0) is 27.5. The Morgan fingerprint density at radius 3 is 2.05 bits per heavy atom. The summed E-state index contributed by atoms with van der Waals surface area (Å²) in [6.45, 7) is 6.51. The van der Waals surface area contributed by atoms with Crippen molar-refractivity contribution in [3.63, 3.8) is 0 Å². The number of aromatic nitrogens is 2. The summed E-state index contributed by atoms with van der Waals surface area (Å²) in [5.41, 5.74) is 0.698. The van der Waals surface area contributed by atoms with Gasteiger partial charge in [0, 0.05) is 0 Å². The summed E-state index contributed by atoms with van der Waals surface area (Å²) >= 11 is -3.26. The molecule has 10 heteroatoms. The first-order chi connectivity index (χ1) is 18.2. The number of unbranched alkanes of at least 4 members (excludes halogenated alkanes) is 3. The molecule has 0 unspecified atom stereocenters. The fourth-order valence-electron chi connectivity index (χ4n) is 5.91. The molecule has 214 valence electrons. The van der Waals surface area contributed by atoms with E-state index in [4.69, 9.17) is 4.98 Å². The summed E-state index contributed by atoms with van der Waals surface area (Å²) in [6.07, 6.45) is 8.89. The van der Waals surface area contributed by atoms with E-state index in [0.717, 1.165) is 71.1 Å². The maximum atomic E-state index is 16.2. The van der Waals surface area contributed by atoms with Crippen molar-refractivity contribution >= 4 is 43.1 Å². The number of nitrogens with zero attached hydrogens (tertiary/aromatic N) is 2. The molecule has 0 aromatic carbocycles. The van der Waals surface area contributed by atoms with Crippen molar-refractivity contribution in [1.29, 1.82) is 0 Å². The summed E-state index contributed by atoms with van der Waals surface area (Å²) in [4.78, 5) is 5.07. The van der Waals surface area contributed by atoms with E-state index in [1.165, 1.54) is 6.07 Å². The van der Waals surface area contributed by atoms with E-state index in [1.54, 1.807) is 6.20 Å². The topological polar surface area (TPSA) is 64.0 Å². The third-order valence-corrected chi connectivity index (χ3v) is 25.7. The number of hydrogen-bond donors (Lipinski definition) is 1. The maximum absolute atomic E-state index is 16.2. The fourth-order valence-corrected chi connectivity index (χ4v) is 23.1. The van der Waals surface area contributed by atoms with Gasteiger partial charge in [-0.25, -0.2) is 0 Å². The molecule has 1 N–H and O–H groups in total. The first-order valence-corrected chi connectivity index (χ1v) is 23.7. The van der Waals surface area contributed by atoms with Gasteiger partial charge in [-0.3, -0.25) is 0 Å². The predicted molar refractivity (Wildman–Crippen MR) is 151 cm³/mol. The molecule has 5 nitrogen and oxygen atoms in total. The van der Waals surface area contributed by atoms with Crippen LogP contribution >= 0.6 is 0 Å². The van der Waals surface area contributed by atoms with Crippen LogP contribution in [0.1, 0.15) is 109 Å². The molecular weight excluding hydrogens is 618 g/mol. The van der Waals surface area contributed by atoms with E-state index in [9.17, 15) is 17.2 Å². The Morgan fingerprint density at radius 1 is 1.03 bits per heavy atom. The van der Waals surface area contributed by atoms with Crippen LogP contribution < -0.4 is 8.43 Å². The van der Waals surface area contributed by atoms with Gasteiger partial charge in [-0.15, -0.1) is 0 Å². The normalized spacial score (nSPS) is 17.9. The third kappa shape index (κ3) is 6.40. The van der Waals surface area contributed by atoms with Gasteiger partial charge in [0.15, 0.2) is 0 Å². The van der Waals surface area contributed by atoms with Gasteiger partial charge >= 0.3 is 231 Å². The van der Waals surface area contributed by atoms with Crippen LogP contribution in [-0.2, 0) is 10.0 Å². The van der Waals surface area contributed by atoms with Crippen LogP contribution in [0.3, 0.4) is 0 Å². The molecule has 2 aromatic rings. The van der Waals surface area contributed by atoms with Crippen molar-refractivity contribution in [2.45, 2.75) is 128 Å². The van der Waals surface area contributed by atoms with Crippen LogP contribution in [0, 0.1) is 5.82 Å². The molecule has 2 fully saturated rings. The SMILES string of the molecule is CCC[CH2][Sn]([CH2]CCC)([CH2]CCC)[c]1nc2c(cc1F)c([C@H](NS(=O)(=O)C1CC1)C(F)F)cn2C1CCC1. The van der Waals surface area contributed by atoms with Gasteiger partial charge in [0.05, 0.1) is 0 Å². The van der Waals surface area contributed by atoms with Crippen molar-refractivity contribution in [3.8, 4) is 0 Å². The second kappa shape index (κ2) is 12.8. The Bertz CT molecular complexity index is 1170. The summed E-state index contributed by atoms with van der Waals surface area (Å²) in [5.74, 6) is -0.373. The minimum atomic E-state index is -3.87. The van der Waals surface area contributed by atoms with E-state index in [1.807, 2.05) is 4.57 Å². The van der Waals surface area contributed by atoms with Crippen LogP contribution in [0.5, 0.6) is 0 Å². The number of sulfonamides is 1. The number of hydrogen-bond acceptors (Lipinski definition) is 3. The molecule has 0 saturated heterocycles. The van der Waals surface area contributed by atoms with Gasteiger partial charge < -0.3 is 0 Å². The number of rotatable bonds is 16. The molecule has 2 aromatic heterocycles. The average molecular weight is 662 g/mol. The van der Waals surface area contributed by atoms with Gasteiger partial charge in [0.2, 0.25) is 0 Å². The molecule has 1 atom stereocenters. The minimum absolute atomic E-state index is 0.127. The zero-order valence-electron chi connectivity index (χ0n) is 23.1. The Morgan fingerprint density at radius 2 is 1.61 bits per heavy atom. The number of nitrogens with one attached hydrogen (secondary N) is 1. The second-order valence-corrected chi connectivity index (χ2v) is 26.5. The Kier molecular flexibility index (Phi) is 10.2. The quantitative estimate of drug-likeness (QED) is 0.192. The molecule has 0 amide bonds. The van der Waals surface area contributed by atoms with Gasteiger partial charge in [-0.05, 0) is 0 Å². The number of halogens is 3.